The van der Waals surface area contributed by atoms with Gasteiger partial charge >= 0.3 is 0 Å². The Kier molecular flexibility index (Phi) is 5.64. The second kappa shape index (κ2) is 8.12. The highest BCUT2D eigenvalue weighted by Gasteiger charge is 2.13. The molecule has 140 valence electrons. The van der Waals surface area contributed by atoms with Gasteiger partial charge in [-0.15, -0.1) is 5.10 Å². The van der Waals surface area contributed by atoms with Crippen LogP contribution in [0.25, 0.3) is 0 Å². The van der Waals surface area contributed by atoms with Crippen LogP contribution in [0.3, 0.4) is 0 Å². The van der Waals surface area contributed by atoms with Gasteiger partial charge in [-0.2, -0.15) is 10.1 Å². The van der Waals surface area contributed by atoms with Crippen LogP contribution < -0.4 is 10.6 Å². The minimum Gasteiger partial charge on any atom is -0.353 e. The van der Waals surface area contributed by atoms with E-state index in [-0.39, 0.29) is 11.2 Å². The fourth-order valence-electron chi connectivity index (χ4n) is 2.65. The van der Waals surface area contributed by atoms with E-state index in [1.165, 1.54) is 11.6 Å². The molecule has 1 heterocycles. The molecule has 0 saturated carbocycles. The third-order valence-electron chi connectivity index (χ3n) is 4.22. The Morgan fingerprint density at radius 2 is 1.74 bits per heavy atom. The predicted molar refractivity (Wildman–Crippen MR) is 107 cm³/mol. The molecule has 0 fully saturated rings. The minimum atomic E-state index is -0.201. The molecule has 0 unspecified atom stereocenters. The number of anilines is 3. The zero-order chi connectivity index (χ0) is 19.3. The van der Waals surface area contributed by atoms with E-state index in [9.17, 15) is 4.39 Å². The summed E-state index contributed by atoms with van der Waals surface area (Å²) in [5.41, 5.74) is 2.97. The molecule has 0 spiro atoms. The van der Waals surface area contributed by atoms with Crippen molar-refractivity contribution in [2.75, 3.05) is 17.2 Å². The Bertz CT molecular complexity index is 888. The van der Waals surface area contributed by atoms with Gasteiger partial charge in [0.05, 0.1) is 6.20 Å². The SMILES string of the molecule is CC(C)(C)c1ccc(Nc2cnnc(NCCc3ccccc3F)n2)cc1. The Hall–Kier alpha value is -3.02. The molecule has 0 atom stereocenters. The van der Waals surface area contributed by atoms with Crippen molar-refractivity contribution in [1.29, 1.82) is 0 Å². The van der Waals surface area contributed by atoms with Crippen molar-refractivity contribution in [2.24, 2.45) is 0 Å². The van der Waals surface area contributed by atoms with Gasteiger partial charge in [0.25, 0.3) is 0 Å². The lowest BCUT2D eigenvalue weighted by Gasteiger charge is -2.19. The van der Waals surface area contributed by atoms with E-state index in [1.54, 1.807) is 18.3 Å². The molecule has 1 aromatic heterocycles. The van der Waals surface area contributed by atoms with Gasteiger partial charge < -0.3 is 10.6 Å². The van der Waals surface area contributed by atoms with Crippen LogP contribution >= 0.6 is 0 Å². The second-order valence-electron chi connectivity index (χ2n) is 7.39. The van der Waals surface area contributed by atoms with Crippen LogP contribution in [0, 0.1) is 5.82 Å². The fraction of sp³-hybridized carbons (Fsp3) is 0.286. The summed E-state index contributed by atoms with van der Waals surface area (Å²) in [7, 11) is 0. The van der Waals surface area contributed by atoms with Crippen molar-refractivity contribution < 1.29 is 4.39 Å². The predicted octanol–water partition coefficient (Wildman–Crippen LogP) is 4.71. The fourth-order valence-corrected chi connectivity index (χ4v) is 2.65. The van der Waals surface area contributed by atoms with E-state index in [1.807, 2.05) is 18.2 Å². The number of aromatic nitrogens is 3. The first-order chi connectivity index (χ1) is 12.9. The van der Waals surface area contributed by atoms with E-state index in [0.717, 1.165) is 5.69 Å². The molecule has 0 bridgehead atoms. The number of benzene rings is 2. The second-order valence-corrected chi connectivity index (χ2v) is 7.39. The highest BCUT2D eigenvalue weighted by Crippen LogP contribution is 2.24. The monoisotopic (exact) mass is 365 g/mol. The molecular formula is C21H24FN5. The summed E-state index contributed by atoms with van der Waals surface area (Å²) in [4.78, 5) is 4.40. The first-order valence-electron chi connectivity index (χ1n) is 8.96. The molecule has 0 amide bonds. The smallest absolute Gasteiger partial charge is 0.244 e. The van der Waals surface area contributed by atoms with Crippen molar-refractivity contribution in [3.05, 3.63) is 71.7 Å². The maximum atomic E-state index is 13.6. The molecule has 3 aromatic rings. The first-order valence-corrected chi connectivity index (χ1v) is 8.96. The van der Waals surface area contributed by atoms with Crippen LogP contribution in [0.4, 0.5) is 21.8 Å². The molecule has 0 radical (unpaired) electrons. The van der Waals surface area contributed by atoms with E-state index in [4.69, 9.17) is 0 Å². The van der Waals surface area contributed by atoms with Crippen molar-refractivity contribution in [2.45, 2.75) is 32.6 Å². The Balaban J connectivity index is 1.59. The molecule has 6 heteroatoms. The van der Waals surface area contributed by atoms with Gasteiger partial charge in [0.2, 0.25) is 5.95 Å². The van der Waals surface area contributed by atoms with Gasteiger partial charge in [-0.05, 0) is 41.2 Å². The largest absolute Gasteiger partial charge is 0.353 e. The maximum absolute atomic E-state index is 13.6. The van der Waals surface area contributed by atoms with Crippen LogP contribution in [0.2, 0.25) is 0 Å². The van der Waals surface area contributed by atoms with Crippen LogP contribution in [0.1, 0.15) is 31.9 Å². The molecular weight excluding hydrogens is 341 g/mol. The molecule has 0 aliphatic heterocycles. The highest BCUT2D eigenvalue weighted by atomic mass is 19.1. The summed E-state index contributed by atoms with van der Waals surface area (Å²) in [6, 6.07) is 15.0. The molecule has 0 aliphatic carbocycles. The van der Waals surface area contributed by atoms with Crippen LogP contribution in [-0.2, 0) is 11.8 Å². The summed E-state index contributed by atoms with van der Waals surface area (Å²) in [5, 5.41) is 14.3. The van der Waals surface area contributed by atoms with Crippen LogP contribution in [-0.4, -0.2) is 21.7 Å². The number of halogens is 1. The first kappa shape index (κ1) is 18.8. The molecule has 2 aromatic carbocycles. The van der Waals surface area contributed by atoms with Crippen molar-refractivity contribution in [3.63, 3.8) is 0 Å². The van der Waals surface area contributed by atoms with Gasteiger partial charge in [-0.25, -0.2) is 4.39 Å². The van der Waals surface area contributed by atoms with Gasteiger partial charge in [0, 0.05) is 12.2 Å². The molecule has 2 N–H and O–H groups in total. The topological polar surface area (TPSA) is 62.7 Å². The lowest BCUT2D eigenvalue weighted by atomic mass is 9.87. The average molecular weight is 365 g/mol. The Labute approximate surface area is 159 Å². The summed E-state index contributed by atoms with van der Waals surface area (Å²) >= 11 is 0. The summed E-state index contributed by atoms with van der Waals surface area (Å²) in [5.74, 6) is 0.803. The summed E-state index contributed by atoms with van der Waals surface area (Å²) in [6.07, 6.45) is 2.11. The third kappa shape index (κ3) is 5.23. The van der Waals surface area contributed by atoms with Gasteiger partial charge in [-0.3, -0.25) is 0 Å². The van der Waals surface area contributed by atoms with Crippen molar-refractivity contribution in [1.82, 2.24) is 15.2 Å². The van der Waals surface area contributed by atoms with Crippen molar-refractivity contribution >= 4 is 17.5 Å². The number of rotatable bonds is 6. The highest BCUT2D eigenvalue weighted by molar-refractivity contribution is 5.56. The maximum Gasteiger partial charge on any atom is 0.244 e. The lowest BCUT2D eigenvalue weighted by molar-refractivity contribution is 0.590. The van der Waals surface area contributed by atoms with E-state index < -0.39 is 0 Å². The average Bonchev–Trinajstić information content (AvgIpc) is 2.63. The minimum absolute atomic E-state index is 0.115. The molecule has 27 heavy (non-hydrogen) atoms. The Morgan fingerprint density at radius 3 is 2.44 bits per heavy atom. The van der Waals surface area contributed by atoms with Gasteiger partial charge in [0.1, 0.15) is 5.82 Å². The normalized spacial score (nSPS) is 11.3. The van der Waals surface area contributed by atoms with Crippen LogP contribution in [0.15, 0.2) is 54.7 Å². The lowest BCUT2D eigenvalue weighted by Crippen LogP contribution is -2.11. The number of hydrogen-bond donors (Lipinski definition) is 2. The van der Waals surface area contributed by atoms with Gasteiger partial charge in [0.15, 0.2) is 5.82 Å². The van der Waals surface area contributed by atoms with E-state index in [0.29, 0.717) is 30.3 Å². The molecule has 5 nitrogen and oxygen atoms in total. The zero-order valence-corrected chi connectivity index (χ0v) is 15.8. The molecule has 0 saturated heterocycles. The quantitative estimate of drug-likeness (QED) is 0.663. The molecule has 0 aliphatic rings. The molecule has 3 rings (SSSR count). The summed E-state index contributed by atoms with van der Waals surface area (Å²) in [6.45, 7) is 7.07. The number of nitrogens with one attached hydrogen (secondary N) is 2. The number of nitrogens with zero attached hydrogens (tertiary/aromatic N) is 3. The summed E-state index contributed by atoms with van der Waals surface area (Å²) < 4.78 is 13.6. The van der Waals surface area contributed by atoms with Crippen LogP contribution in [0.5, 0.6) is 0 Å². The Morgan fingerprint density at radius 1 is 1.00 bits per heavy atom. The van der Waals surface area contributed by atoms with Gasteiger partial charge in [-0.1, -0.05) is 51.1 Å². The van der Waals surface area contributed by atoms with Crippen molar-refractivity contribution in [3.8, 4) is 0 Å². The van der Waals surface area contributed by atoms with E-state index in [2.05, 4.69) is 58.7 Å². The van der Waals surface area contributed by atoms with E-state index >= 15 is 0 Å². The standard InChI is InChI=1S/C21H24FN5/c1-21(2,3)16-8-10-17(11-9-16)25-19-14-24-27-20(26-19)23-13-12-15-6-4-5-7-18(15)22/h4-11,14H,12-13H2,1-3H3,(H2,23,25,26,27). The zero-order valence-electron chi connectivity index (χ0n) is 15.8. The number of hydrogen-bond acceptors (Lipinski definition) is 5. The third-order valence-corrected chi connectivity index (χ3v) is 4.22.